The van der Waals surface area contributed by atoms with Crippen molar-refractivity contribution < 1.29 is 14.3 Å². The SMILES string of the molecule is C=CCc1ccc(OCCCCn2c(CNC(=O)c3ccc(C)cc3)nc3ccccc32)c(OC)c1. The Labute approximate surface area is 212 Å². The first-order valence-corrected chi connectivity index (χ1v) is 12.3. The molecule has 36 heavy (non-hydrogen) atoms. The number of unbranched alkanes of at least 4 members (excludes halogenated alkanes) is 1. The van der Waals surface area contributed by atoms with E-state index in [-0.39, 0.29) is 5.91 Å². The molecule has 0 unspecified atom stereocenters. The molecule has 4 rings (SSSR count). The van der Waals surface area contributed by atoms with Gasteiger partial charge in [0.05, 0.1) is 31.3 Å². The lowest BCUT2D eigenvalue weighted by molar-refractivity contribution is 0.0949. The third-order valence-electron chi connectivity index (χ3n) is 6.10. The maximum Gasteiger partial charge on any atom is 0.251 e. The second-order valence-corrected chi connectivity index (χ2v) is 8.75. The molecule has 0 fully saturated rings. The average Bonchev–Trinajstić information content (AvgIpc) is 3.25. The van der Waals surface area contributed by atoms with Gasteiger partial charge in [-0.3, -0.25) is 4.79 Å². The van der Waals surface area contributed by atoms with E-state index in [1.165, 1.54) is 0 Å². The van der Waals surface area contributed by atoms with Crippen LogP contribution in [0.2, 0.25) is 0 Å². The van der Waals surface area contributed by atoms with Crippen LogP contribution in [0, 0.1) is 6.92 Å². The molecule has 0 spiro atoms. The van der Waals surface area contributed by atoms with Gasteiger partial charge in [-0.2, -0.15) is 0 Å². The maximum atomic E-state index is 12.6. The molecule has 1 aromatic heterocycles. The third-order valence-corrected chi connectivity index (χ3v) is 6.10. The molecule has 0 aliphatic rings. The first kappa shape index (κ1) is 25.0. The number of allylic oxidation sites excluding steroid dienone is 1. The predicted molar refractivity (Wildman–Crippen MR) is 144 cm³/mol. The van der Waals surface area contributed by atoms with Gasteiger partial charge in [0.25, 0.3) is 5.91 Å². The summed E-state index contributed by atoms with van der Waals surface area (Å²) in [6.07, 6.45) is 4.45. The molecule has 0 bridgehead atoms. The Bertz CT molecular complexity index is 1330. The highest BCUT2D eigenvalue weighted by Gasteiger charge is 2.13. The van der Waals surface area contributed by atoms with Gasteiger partial charge in [-0.15, -0.1) is 6.58 Å². The third kappa shape index (κ3) is 6.13. The van der Waals surface area contributed by atoms with E-state index in [1.807, 2.05) is 73.7 Å². The largest absolute Gasteiger partial charge is 0.493 e. The molecule has 1 N–H and O–H groups in total. The lowest BCUT2D eigenvalue weighted by atomic mass is 10.1. The summed E-state index contributed by atoms with van der Waals surface area (Å²) < 4.78 is 13.7. The fraction of sp³-hybridized carbons (Fsp3) is 0.267. The van der Waals surface area contributed by atoms with Gasteiger partial charge < -0.3 is 19.4 Å². The summed E-state index contributed by atoms with van der Waals surface area (Å²) >= 11 is 0. The summed E-state index contributed by atoms with van der Waals surface area (Å²) in [5.74, 6) is 2.23. The Morgan fingerprint density at radius 3 is 2.64 bits per heavy atom. The summed E-state index contributed by atoms with van der Waals surface area (Å²) in [6.45, 7) is 7.53. The number of amides is 1. The lowest BCUT2D eigenvalue weighted by Crippen LogP contribution is -2.24. The molecule has 6 nitrogen and oxygen atoms in total. The number of nitrogens with zero attached hydrogens (tertiary/aromatic N) is 2. The van der Waals surface area contributed by atoms with Crippen LogP contribution in [-0.2, 0) is 19.5 Å². The molecule has 0 aliphatic heterocycles. The van der Waals surface area contributed by atoms with Crippen LogP contribution in [0.25, 0.3) is 11.0 Å². The Kier molecular flexibility index (Phi) is 8.40. The molecular formula is C30H33N3O3. The van der Waals surface area contributed by atoms with Crippen molar-refractivity contribution in [2.45, 2.75) is 39.3 Å². The number of hydrogen-bond donors (Lipinski definition) is 1. The van der Waals surface area contributed by atoms with Crippen molar-refractivity contribution in [1.82, 2.24) is 14.9 Å². The van der Waals surface area contributed by atoms with Crippen molar-refractivity contribution in [3.05, 3.63) is 102 Å². The minimum Gasteiger partial charge on any atom is -0.493 e. The molecule has 0 saturated carbocycles. The van der Waals surface area contributed by atoms with Gasteiger partial charge in [0.1, 0.15) is 5.82 Å². The Morgan fingerprint density at radius 2 is 1.86 bits per heavy atom. The quantitative estimate of drug-likeness (QED) is 0.202. The number of carbonyl (C=O) groups excluding carboxylic acids is 1. The summed E-state index contributed by atoms with van der Waals surface area (Å²) in [4.78, 5) is 17.4. The van der Waals surface area contributed by atoms with Gasteiger partial charge >= 0.3 is 0 Å². The highest BCUT2D eigenvalue weighted by molar-refractivity contribution is 5.94. The molecule has 0 aliphatic carbocycles. The van der Waals surface area contributed by atoms with Gasteiger partial charge in [0.2, 0.25) is 0 Å². The molecule has 0 atom stereocenters. The van der Waals surface area contributed by atoms with E-state index < -0.39 is 0 Å². The number of hydrogen-bond acceptors (Lipinski definition) is 4. The first-order valence-electron chi connectivity index (χ1n) is 12.3. The van der Waals surface area contributed by atoms with Gasteiger partial charge in [0, 0.05) is 12.1 Å². The summed E-state index contributed by atoms with van der Waals surface area (Å²) in [5, 5.41) is 3.02. The second-order valence-electron chi connectivity index (χ2n) is 8.75. The van der Waals surface area contributed by atoms with Crippen LogP contribution < -0.4 is 14.8 Å². The van der Waals surface area contributed by atoms with E-state index in [9.17, 15) is 4.79 Å². The van der Waals surface area contributed by atoms with Crippen LogP contribution in [-0.4, -0.2) is 29.2 Å². The predicted octanol–water partition coefficient (Wildman–Crippen LogP) is 5.87. The van der Waals surface area contributed by atoms with E-state index in [4.69, 9.17) is 14.5 Å². The van der Waals surface area contributed by atoms with Crippen LogP contribution in [0.3, 0.4) is 0 Å². The zero-order chi connectivity index (χ0) is 25.3. The smallest absolute Gasteiger partial charge is 0.251 e. The number of methoxy groups -OCH3 is 1. The van der Waals surface area contributed by atoms with Gasteiger partial charge in [-0.05, 0) is 68.1 Å². The monoisotopic (exact) mass is 483 g/mol. The van der Waals surface area contributed by atoms with Crippen LogP contribution in [0.5, 0.6) is 11.5 Å². The molecule has 0 radical (unpaired) electrons. The number of nitrogens with one attached hydrogen (secondary N) is 1. The number of ether oxygens (including phenoxy) is 2. The molecule has 186 valence electrons. The van der Waals surface area contributed by atoms with Gasteiger partial charge in [0.15, 0.2) is 11.5 Å². The summed E-state index contributed by atoms with van der Waals surface area (Å²) in [7, 11) is 1.66. The van der Waals surface area contributed by atoms with Crippen molar-refractivity contribution >= 4 is 16.9 Å². The molecule has 1 heterocycles. The van der Waals surface area contributed by atoms with Crippen molar-refractivity contribution in [2.75, 3.05) is 13.7 Å². The van der Waals surface area contributed by atoms with Crippen LogP contribution in [0.15, 0.2) is 79.4 Å². The van der Waals surface area contributed by atoms with E-state index in [1.54, 1.807) is 7.11 Å². The molecule has 4 aromatic rings. The highest BCUT2D eigenvalue weighted by Crippen LogP contribution is 2.28. The number of aryl methyl sites for hydroxylation is 2. The lowest BCUT2D eigenvalue weighted by Gasteiger charge is -2.13. The van der Waals surface area contributed by atoms with Crippen LogP contribution >= 0.6 is 0 Å². The number of fused-ring (bicyclic) bond motifs is 1. The van der Waals surface area contributed by atoms with Gasteiger partial charge in [-0.1, -0.05) is 42.0 Å². The van der Waals surface area contributed by atoms with Crippen molar-refractivity contribution in [3.8, 4) is 11.5 Å². The van der Waals surface area contributed by atoms with Crippen molar-refractivity contribution in [3.63, 3.8) is 0 Å². The minimum absolute atomic E-state index is 0.102. The Balaban J connectivity index is 1.36. The first-order chi connectivity index (χ1) is 17.6. The molecule has 3 aromatic carbocycles. The molecule has 6 heteroatoms. The van der Waals surface area contributed by atoms with Crippen molar-refractivity contribution in [2.24, 2.45) is 0 Å². The second kappa shape index (κ2) is 12.1. The fourth-order valence-corrected chi connectivity index (χ4v) is 4.16. The molecule has 1 amide bonds. The summed E-state index contributed by atoms with van der Waals surface area (Å²) in [6, 6.07) is 21.6. The van der Waals surface area contributed by atoms with Gasteiger partial charge in [-0.25, -0.2) is 4.98 Å². The number of para-hydroxylation sites is 2. The zero-order valence-corrected chi connectivity index (χ0v) is 21.0. The number of carbonyl (C=O) groups is 1. The number of imidazole rings is 1. The van der Waals surface area contributed by atoms with E-state index in [2.05, 4.69) is 22.5 Å². The Hall–Kier alpha value is -4.06. The molecular weight excluding hydrogens is 450 g/mol. The number of rotatable bonds is 12. The fourth-order valence-electron chi connectivity index (χ4n) is 4.16. The highest BCUT2D eigenvalue weighted by atomic mass is 16.5. The molecule has 0 saturated heterocycles. The van der Waals surface area contributed by atoms with E-state index in [0.717, 1.165) is 65.3 Å². The topological polar surface area (TPSA) is 65.4 Å². The zero-order valence-electron chi connectivity index (χ0n) is 21.0. The van der Waals surface area contributed by atoms with Crippen LogP contribution in [0.1, 0.15) is 40.2 Å². The summed E-state index contributed by atoms with van der Waals surface area (Å²) in [5.41, 5.74) is 4.91. The minimum atomic E-state index is -0.102. The van der Waals surface area contributed by atoms with Crippen LogP contribution in [0.4, 0.5) is 0 Å². The number of benzene rings is 3. The Morgan fingerprint density at radius 1 is 1.06 bits per heavy atom. The van der Waals surface area contributed by atoms with E-state index >= 15 is 0 Å². The normalized spacial score (nSPS) is 10.8. The van der Waals surface area contributed by atoms with E-state index in [0.29, 0.717) is 18.7 Å². The standard InChI is InChI=1S/C30H33N3O3/c1-4-9-23-14-17-27(28(20-23)35-3)36-19-8-7-18-33-26-11-6-5-10-25(26)32-29(33)21-31-30(34)24-15-12-22(2)13-16-24/h4-6,10-17,20H,1,7-9,18-19,21H2,2-3H3,(H,31,34). The van der Waals surface area contributed by atoms with Crippen molar-refractivity contribution in [1.29, 1.82) is 0 Å². The number of aromatic nitrogens is 2. The maximum absolute atomic E-state index is 12.6. The average molecular weight is 484 g/mol.